The largest absolute Gasteiger partial charge is 0.331 e. The lowest BCUT2D eigenvalue weighted by Gasteiger charge is -1.98. The number of Topliss-reactive ketones (excluding diaryl/α,β-unsaturated/α-hetero) is 1. The molecule has 1 heterocycles. The molecule has 0 saturated carbocycles. The summed E-state index contributed by atoms with van der Waals surface area (Å²) in [7, 11) is 0. The van der Waals surface area contributed by atoms with E-state index in [1.165, 1.54) is 13.1 Å². The second-order valence-corrected chi connectivity index (χ2v) is 4.41. The summed E-state index contributed by atoms with van der Waals surface area (Å²) in [6.45, 7) is 1.55. The highest BCUT2D eigenvalue weighted by atomic mass is 16.7. The van der Waals surface area contributed by atoms with Gasteiger partial charge in [-0.3, -0.25) is 4.79 Å². The standard InChI is InChI=1S/C16H15N2O3/c1-13(19)21-17-11-14-7-9-18(10-8-14)12-16(20)15-5-3-2-4-6-15/h2-11H,12H2,1H3/q+1/b17-11+. The molecule has 106 valence electrons. The Balaban J connectivity index is 1.98. The van der Waals surface area contributed by atoms with Crippen molar-refractivity contribution in [1.82, 2.24) is 0 Å². The Bertz CT molecular complexity index is 649. The molecule has 2 aromatic rings. The van der Waals surface area contributed by atoms with Crippen LogP contribution in [-0.2, 0) is 16.2 Å². The van der Waals surface area contributed by atoms with E-state index in [9.17, 15) is 9.59 Å². The van der Waals surface area contributed by atoms with E-state index in [0.717, 1.165) is 5.56 Å². The molecule has 0 aliphatic heterocycles. The van der Waals surface area contributed by atoms with Gasteiger partial charge >= 0.3 is 5.97 Å². The molecular formula is C16H15N2O3+. The molecule has 0 aliphatic carbocycles. The van der Waals surface area contributed by atoms with Crippen LogP contribution in [0.4, 0.5) is 0 Å². The zero-order valence-corrected chi connectivity index (χ0v) is 11.6. The Labute approximate surface area is 122 Å². The molecule has 0 atom stereocenters. The van der Waals surface area contributed by atoms with Gasteiger partial charge in [0.2, 0.25) is 12.3 Å². The van der Waals surface area contributed by atoms with Crippen molar-refractivity contribution >= 4 is 18.0 Å². The molecule has 1 aromatic carbocycles. The molecular weight excluding hydrogens is 268 g/mol. The lowest BCUT2D eigenvalue weighted by Crippen LogP contribution is -2.37. The lowest BCUT2D eigenvalue weighted by molar-refractivity contribution is -0.683. The van der Waals surface area contributed by atoms with E-state index in [1.54, 1.807) is 41.2 Å². The SMILES string of the molecule is CC(=O)O/N=C/c1cc[n+](CC(=O)c2ccccc2)cc1. The fraction of sp³-hybridized carbons (Fsp3) is 0.125. The van der Waals surface area contributed by atoms with E-state index in [4.69, 9.17) is 0 Å². The van der Waals surface area contributed by atoms with E-state index in [1.807, 2.05) is 18.2 Å². The molecule has 21 heavy (non-hydrogen) atoms. The minimum atomic E-state index is -0.467. The number of nitrogens with zero attached hydrogens (tertiary/aromatic N) is 2. The summed E-state index contributed by atoms with van der Waals surface area (Å²) in [5.41, 5.74) is 1.46. The van der Waals surface area contributed by atoms with Crippen LogP contribution in [0.3, 0.4) is 0 Å². The number of aromatic nitrogens is 1. The summed E-state index contributed by atoms with van der Waals surface area (Å²) >= 11 is 0. The number of ketones is 1. The van der Waals surface area contributed by atoms with Gasteiger partial charge in [0.1, 0.15) is 0 Å². The average molecular weight is 283 g/mol. The van der Waals surface area contributed by atoms with Gasteiger partial charge in [0.15, 0.2) is 12.4 Å². The van der Waals surface area contributed by atoms with Crippen LogP contribution in [0.5, 0.6) is 0 Å². The fourth-order valence-corrected chi connectivity index (χ4v) is 1.70. The van der Waals surface area contributed by atoms with E-state index in [2.05, 4.69) is 9.99 Å². The average Bonchev–Trinajstić information content (AvgIpc) is 2.49. The number of benzene rings is 1. The van der Waals surface area contributed by atoms with Crippen molar-refractivity contribution in [1.29, 1.82) is 0 Å². The Morgan fingerprint density at radius 1 is 1.14 bits per heavy atom. The Morgan fingerprint density at radius 3 is 2.43 bits per heavy atom. The number of carbonyl (C=O) groups excluding carboxylic acids is 2. The second kappa shape index (κ2) is 7.09. The maximum Gasteiger partial charge on any atom is 0.331 e. The maximum atomic E-state index is 12.0. The van der Waals surface area contributed by atoms with E-state index >= 15 is 0 Å². The molecule has 1 aromatic heterocycles. The van der Waals surface area contributed by atoms with Gasteiger partial charge in [0.05, 0.1) is 6.21 Å². The highest BCUT2D eigenvalue weighted by molar-refractivity contribution is 5.94. The Kier molecular flexibility index (Phi) is 4.93. The van der Waals surface area contributed by atoms with Crippen LogP contribution < -0.4 is 4.57 Å². The van der Waals surface area contributed by atoms with Crippen molar-refractivity contribution in [3.63, 3.8) is 0 Å². The number of hydrogen-bond acceptors (Lipinski definition) is 4. The molecule has 0 unspecified atom stereocenters. The number of oxime groups is 1. The first-order valence-corrected chi connectivity index (χ1v) is 6.43. The summed E-state index contributed by atoms with van der Waals surface area (Å²) in [5.74, 6) is -0.423. The van der Waals surface area contributed by atoms with Crippen LogP contribution in [0.15, 0.2) is 60.0 Å². The normalized spacial score (nSPS) is 10.5. The first kappa shape index (κ1) is 14.6. The van der Waals surface area contributed by atoms with Crippen LogP contribution in [-0.4, -0.2) is 18.0 Å². The molecule has 5 heteroatoms. The van der Waals surface area contributed by atoms with Gasteiger partial charge in [-0.2, -0.15) is 4.57 Å². The predicted molar refractivity (Wildman–Crippen MR) is 76.8 cm³/mol. The zero-order chi connectivity index (χ0) is 15.1. The third-order valence-electron chi connectivity index (χ3n) is 2.72. The summed E-state index contributed by atoms with van der Waals surface area (Å²) in [4.78, 5) is 27.1. The van der Waals surface area contributed by atoms with Gasteiger partial charge in [0, 0.05) is 30.2 Å². The number of rotatable bonds is 5. The lowest BCUT2D eigenvalue weighted by atomic mass is 10.1. The predicted octanol–water partition coefficient (Wildman–Crippen LogP) is 1.75. The van der Waals surface area contributed by atoms with Crippen molar-refractivity contribution in [2.75, 3.05) is 0 Å². The molecule has 2 rings (SSSR count). The first-order chi connectivity index (χ1) is 10.1. The van der Waals surface area contributed by atoms with Crippen molar-refractivity contribution in [2.45, 2.75) is 13.5 Å². The smallest absolute Gasteiger partial charge is 0.319 e. The first-order valence-electron chi connectivity index (χ1n) is 6.43. The third kappa shape index (κ3) is 4.65. The molecule has 0 radical (unpaired) electrons. The molecule has 0 aliphatic rings. The van der Waals surface area contributed by atoms with Crippen LogP contribution in [0.2, 0.25) is 0 Å². The third-order valence-corrected chi connectivity index (χ3v) is 2.72. The summed E-state index contributed by atoms with van der Waals surface area (Å²) in [5, 5.41) is 3.53. The molecule has 0 N–H and O–H groups in total. The van der Waals surface area contributed by atoms with E-state index in [0.29, 0.717) is 5.56 Å². The second-order valence-electron chi connectivity index (χ2n) is 4.41. The monoisotopic (exact) mass is 283 g/mol. The van der Waals surface area contributed by atoms with Gasteiger partial charge in [-0.25, -0.2) is 4.79 Å². The van der Waals surface area contributed by atoms with Crippen molar-refractivity contribution in [2.24, 2.45) is 5.16 Å². The maximum absolute atomic E-state index is 12.0. The van der Waals surface area contributed by atoms with Gasteiger partial charge in [-0.15, -0.1) is 0 Å². The fourth-order valence-electron chi connectivity index (χ4n) is 1.70. The highest BCUT2D eigenvalue weighted by Crippen LogP contribution is 2.00. The Morgan fingerprint density at radius 2 is 1.81 bits per heavy atom. The molecule has 0 saturated heterocycles. The zero-order valence-electron chi connectivity index (χ0n) is 11.6. The highest BCUT2D eigenvalue weighted by Gasteiger charge is 2.11. The molecule has 0 spiro atoms. The topological polar surface area (TPSA) is 59.6 Å². The molecule has 0 amide bonds. The van der Waals surface area contributed by atoms with E-state index in [-0.39, 0.29) is 12.3 Å². The quantitative estimate of drug-likeness (QED) is 0.276. The molecule has 5 nitrogen and oxygen atoms in total. The van der Waals surface area contributed by atoms with E-state index < -0.39 is 5.97 Å². The summed E-state index contributed by atoms with van der Waals surface area (Å²) in [6, 6.07) is 12.7. The van der Waals surface area contributed by atoms with Gasteiger partial charge in [-0.1, -0.05) is 35.5 Å². The van der Waals surface area contributed by atoms with Gasteiger partial charge in [-0.05, 0) is 0 Å². The number of carbonyl (C=O) groups is 2. The van der Waals surface area contributed by atoms with Gasteiger partial charge < -0.3 is 4.84 Å². The molecule has 0 bridgehead atoms. The molecule has 0 fully saturated rings. The van der Waals surface area contributed by atoms with Crippen molar-refractivity contribution in [3.05, 3.63) is 66.0 Å². The van der Waals surface area contributed by atoms with Crippen LogP contribution >= 0.6 is 0 Å². The number of pyridine rings is 1. The summed E-state index contributed by atoms with van der Waals surface area (Å²) < 4.78 is 1.78. The van der Waals surface area contributed by atoms with Crippen molar-refractivity contribution < 1.29 is 19.0 Å². The van der Waals surface area contributed by atoms with Crippen LogP contribution in [0.25, 0.3) is 0 Å². The van der Waals surface area contributed by atoms with Crippen LogP contribution in [0.1, 0.15) is 22.8 Å². The minimum Gasteiger partial charge on any atom is -0.319 e. The summed E-state index contributed by atoms with van der Waals surface area (Å²) in [6.07, 6.45) is 4.98. The number of hydrogen-bond donors (Lipinski definition) is 0. The minimum absolute atomic E-state index is 0.0435. The van der Waals surface area contributed by atoms with Gasteiger partial charge in [0.25, 0.3) is 0 Å². The van der Waals surface area contributed by atoms with Crippen LogP contribution in [0, 0.1) is 0 Å². The van der Waals surface area contributed by atoms with Crippen molar-refractivity contribution in [3.8, 4) is 0 Å². The Hall–Kier alpha value is -2.82.